The quantitative estimate of drug-likeness (QED) is 0.799. The Bertz CT molecular complexity index is 820. The highest BCUT2D eigenvalue weighted by atomic mass is 16.5. The Hall–Kier alpha value is -2.86. The first-order valence-corrected chi connectivity index (χ1v) is 9.65. The van der Waals surface area contributed by atoms with E-state index in [0.717, 1.165) is 19.4 Å². The van der Waals surface area contributed by atoms with E-state index < -0.39 is 0 Å². The van der Waals surface area contributed by atoms with Crippen molar-refractivity contribution < 1.29 is 14.3 Å². The number of piperidine rings is 1. The molecule has 1 aliphatic heterocycles. The second-order valence-corrected chi connectivity index (χ2v) is 7.10. The van der Waals surface area contributed by atoms with Crippen molar-refractivity contribution in [2.75, 3.05) is 30.8 Å². The molecule has 0 spiro atoms. The first-order valence-electron chi connectivity index (χ1n) is 9.65. The second-order valence-electron chi connectivity index (χ2n) is 7.10. The lowest BCUT2D eigenvalue weighted by Gasteiger charge is -2.32. The van der Waals surface area contributed by atoms with E-state index >= 15 is 0 Å². The first-order chi connectivity index (χ1) is 13.6. The molecule has 0 bridgehead atoms. The van der Waals surface area contributed by atoms with E-state index in [2.05, 4.69) is 22.5 Å². The number of rotatable bonds is 6. The largest absolute Gasteiger partial charge is 0.495 e. The molecule has 1 heterocycles. The molecule has 3 rings (SSSR count). The van der Waals surface area contributed by atoms with E-state index in [0.29, 0.717) is 35.3 Å². The molecule has 0 saturated carbocycles. The van der Waals surface area contributed by atoms with Gasteiger partial charge in [0.2, 0.25) is 5.91 Å². The number of amides is 2. The number of benzene rings is 2. The molecule has 28 heavy (non-hydrogen) atoms. The van der Waals surface area contributed by atoms with E-state index in [1.165, 1.54) is 6.42 Å². The molecular formula is C22H27N3O3. The van der Waals surface area contributed by atoms with Gasteiger partial charge in [0.25, 0.3) is 5.91 Å². The minimum absolute atomic E-state index is 0.0278. The Labute approximate surface area is 165 Å². The number of anilines is 2. The standard InChI is InChI=1S/C22H27N3O3/c1-16-7-5-6-14-25(16)15-21(26)23-18-12-10-17(11-13-18)22(27)24-19-8-3-4-9-20(19)28-2/h3-4,8-13,16H,5-7,14-15H2,1-2H3,(H,23,26)(H,24,27)/t16-/m1/s1. The van der Waals surface area contributed by atoms with Gasteiger partial charge >= 0.3 is 0 Å². The van der Waals surface area contributed by atoms with Crippen LogP contribution < -0.4 is 15.4 Å². The lowest BCUT2D eigenvalue weighted by molar-refractivity contribution is -0.118. The molecule has 0 aromatic heterocycles. The Kier molecular flexibility index (Phi) is 6.66. The maximum absolute atomic E-state index is 12.5. The van der Waals surface area contributed by atoms with Crippen LogP contribution in [-0.2, 0) is 4.79 Å². The summed E-state index contributed by atoms with van der Waals surface area (Å²) in [5.74, 6) is 0.344. The number of likely N-dealkylation sites (tertiary alicyclic amines) is 1. The van der Waals surface area contributed by atoms with Gasteiger partial charge in [-0.15, -0.1) is 0 Å². The van der Waals surface area contributed by atoms with Crippen LogP contribution in [0.25, 0.3) is 0 Å². The van der Waals surface area contributed by atoms with Crippen LogP contribution in [0.5, 0.6) is 5.75 Å². The van der Waals surface area contributed by atoms with Crippen molar-refractivity contribution in [1.29, 1.82) is 0 Å². The Morgan fingerprint density at radius 1 is 1.07 bits per heavy atom. The van der Waals surface area contributed by atoms with E-state index in [1.54, 1.807) is 43.5 Å². The summed E-state index contributed by atoms with van der Waals surface area (Å²) in [7, 11) is 1.56. The summed E-state index contributed by atoms with van der Waals surface area (Å²) in [5, 5.41) is 5.75. The zero-order valence-corrected chi connectivity index (χ0v) is 16.4. The summed E-state index contributed by atoms with van der Waals surface area (Å²) in [6.07, 6.45) is 3.52. The maximum Gasteiger partial charge on any atom is 0.255 e. The van der Waals surface area contributed by atoms with Crippen molar-refractivity contribution in [3.8, 4) is 5.75 Å². The number of para-hydroxylation sites is 2. The number of nitrogens with zero attached hydrogens (tertiary/aromatic N) is 1. The van der Waals surface area contributed by atoms with Crippen LogP contribution >= 0.6 is 0 Å². The number of nitrogens with one attached hydrogen (secondary N) is 2. The number of carbonyl (C=O) groups is 2. The summed E-state index contributed by atoms with van der Waals surface area (Å²) in [6, 6.07) is 14.6. The maximum atomic E-state index is 12.5. The second kappa shape index (κ2) is 9.37. The highest BCUT2D eigenvalue weighted by Gasteiger charge is 2.20. The van der Waals surface area contributed by atoms with Crippen LogP contribution in [-0.4, -0.2) is 43.0 Å². The van der Waals surface area contributed by atoms with Crippen LogP contribution in [0.1, 0.15) is 36.5 Å². The molecule has 0 unspecified atom stereocenters. The highest BCUT2D eigenvalue weighted by molar-refractivity contribution is 6.05. The average Bonchev–Trinajstić information content (AvgIpc) is 2.70. The molecule has 1 aliphatic rings. The van der Waals surface area contributed by atoms with Crippen molar-refractivity contribution in [3.05, 3.63) is 54.1 Å². The topological polar surface area (TPSA) is 70.7 Å². The van der Waals surface area contributed by atoms with E-state index in [-0.39, 0.29) is 11.8 Å². The number of methoxy groups -OCH3 is 1. The van der Waals surface area contributed by atoms with Gasteiger partial charge in [0.05, 0.1) is 19.3 Å². The van der Waals surface area contributed by atoms with Crippen LogP contribution in [0, 0.1) is 0 Å². The fourth-order valence-corrected chi connectivity index (χ4v) is 3.42. The van der Waals surface area contributed by atoms with Crippen LogP contribution in [0.3, 0.4) is 0 Å². The van der Waals surface area contributed by atoms with Crippen molar-refractivity contribution in [3.63, 3.8) is 0 Å². The van der Waals surface area contributed by atoms with Crippen molar-refractivity contribution >= 4 is 23.2 Å². The van der Waals surface area contributed by atoms with E-state index in [1.807, 2.05) is 12.1 Å². The number of carbonyl (C=O) groups excluding carboxylic acids is 2. The molecule has 1 atom stereocenters. The van der Waals surface area contributed by atoms with Gasteiger partial charge in [0.15, 0.2) is 0 Å². The molecular weight excluding hydrogens is 354 g/mol. The zero-order valence-electron chi connectivity index (χ0n) is 16.4. The van der Waals surface area contributed by atoms with Gasteiger partial charge in [0.1, 0.15) is 5.75 Å². The third kappa shape index (κ3) is 5.10. The summed E-state index contributed by atoms with van der Waals surface area (Å²) < 4.78 is 5.25. The lowest BCUT2D eigenvalue weighted by Crippen LogP contribution is -2.42. The third-order valence-electron chi connectivity index (χ3n) is 5.07. The first kappa shape index (κ1) is 19.9. The number of ether oxygens (including phenoxy) is 1. The fraction of sp³-hybridized carbons (Fsp3) is 0.364. The van der Waals surface area contributed by atoms with Gasteiger partial charge in [-0.25, -0.2) is 0 Å². The molecule has 0 radical (unpaired) electrons. The van der Waals surface area contributed by atoms with E-state index in [9.17, 15) is 9.59 Å². The molecule has 148 valence electrons. The molecule has 2 N–H and O–H groups in total. The minimum Gasteiger partial charge on any atom is -0.495 e. The van der Waals surface area contributed by atoms with Gasteiger partial charge in [-0.05, 0) is 62.7 Å². The molecule has 1 saturated heterocycles. The van der Waals surface area contributed by atoms with Crippen LogP contribution in [0.4, 0.5) is 11.4 Å². The van der Waals surface area contributed by atoms with Crippen molar-refractivity contribution in [2.45, 2.75) is 32.2 Å². The van der Waals surface area contributed by atoms with Gasteiger partial charge in [-0.3, -0.25) is 14.5 Å². The monoisotopic (exact) mass is 381 g/mol. The number of hydrogen-bond donors (Lipinski definition) is 2. The van der Waals surface area contributed by atoms with Gasteiger partial charge < -0.3 is 15.4 Å². The summed E-state index contributed by atoms with van der Waals surface area (Å²) in [6.45, 7) is 3.54. The van der Waals surface area contributed by atoms with Gasteiger partial charge in [0, 0.05) is 17.3 Å². The smallest absolute Gasteiger partial charge is 0.255 e. The van der Waals surface area contributed by atoms with Crippen LogP contribution in [0.2, 0.25) is 0 Å². The molecule has 2 aromatic rings. The molecule has 1 fully saturated rings. The van der Waals surface area contributed by atoms with Gasteiger partial charge in [-0.1, -0.05) is 18.6 Å². The minimum atomic E-state index is -0.232. The highest BCUT2D eigenvalue weighted by Crippen LogP contribution is 2.24. The summed E-state index contributed by atoms with van der Waals surface area (Å²) >= 11 is 0. The lowest BCUT2D eigenvalue weighted by atomic mass is 10.0. The van der Waals surface area contributed by atoms with E-state index in [4.69, 9.17) is 4.74 Å². The Balaban J connectivity index is 1.56. The molecule has 6 heteroatoms. The average molecular weight is 381 g/mol. The van der Waals surface area contributed by atoms with Crippen LogP contribution in [0.15, 0.2) is 48.5 Å². The van der Waals surface area contributed by atoms with Crippen molar-refractivity contribution in [2.24, 2.45) is 0 Å². The molecule has 2 aromatic carbocycles. The van der Waals surface area contributed by atoms with Crippen molar-refractivity contribution in [1.82, 2.24) is 4.90 Å². The normalized spacial score (nSPS) is 17.0. The SMILES string of the molecule is COc1ccccc1NC(=O)c1ccc(NC(=O)CN2CCCC[C@H]2C)cc1. The number of hydrogen-bond acceptors (Lipinski definition) is 4. The molecule has 0 aliphatic carbocycles. The zero-order chi connectivity index (χ0) is 19.9. The Morgan fingerprint density at radius 2 is 1.82 bits per heavy atom. The summed E-state index contributed by atoms with van der Waals surface area (Å²) in [5.41, 5.74) is 1.81. The summed E-state index contributed by atoms with van der Waals surface area (Å²) in [4.78, 5) is 27.0. The third-order valence-corrected chi connectivity index (χ3v) is 5.07. The molecule has 2 amide bonds. The fourth-order valence-electron chi connectivity index (χ4n) is 3.42. The predicted octanol–water partition coefficient (Wildman–Crippen LogP) is 3.76. The molecule has 6 nitrogen and oxygen atoms in total. The van der Waals surface area contributed by atoms with Gasteiger partial charge in [-0.2, -0.15) is 0 Å². The predicted molar refractivity (Wildman–Crippen MR) is 111 cm³/mol. The Morgan fingerprint density at radius 3 is 2.54 bits per heavy atom.